The van der Waals surface area contributed by atoms with Gasteiger partial charge in [0.05, 0.1) is 35.1 Å². The quantitative estimate of drug-likeness (QED) is 0.362. The number of aromatic nitrogens is 2. The lowest BCUT2D eigenvalue weighted by Crippen LogP contribution is -2.44. The zero-order valence-corrected chi connectivity index (χ0v) is 20.6. The van der Waals surface area contributed by atoms with Gasteiger partial charge in [-0.25, -0.2) is 14.2 Å². The van der Waals surface area contributed by atoms with Gasteiger partial charge in [-0.1, -0.05) is 6.92 Å². The summed E-state index contributed by atoms with van der Waals surface area (Å²) >= 11 is 0. The number of carbonyl (C=O) groups is 2. The van der Waals surface area contributed by atoms with Crippen molar-refractivity contribution in [3.05, 3.63) is 61.7 Å². The Kier molecular flexibility index (Phi) is 5.09. The SMILES string of the molecule is CC[C@@]1(O)C(=O)OCc2c1cc1n(c2=O)Cc2c-1nc1cc(F)c(C)c3c1c2C(NC(=O)[C@@H](C)O)CC3. The number of hydrogen-bond donors (Lipinski definition) is 3. The van der Waals surface area contributed by atoms with Gasteiger partial charge in [0.15, 0.2) is 5.60 Å². The first-order valence-electron chi connectivity index (χ1n) is 12.4. The third-order valence-corrected chi connectivity index (χ3v) is 8.07. The molecule has 0 fully saturated rings. The number of fused-ring (bicyclic) bond motifs is 5. The maximum absolute atomic E-state index is 14.9. The van der Waals surface area contributed by atoms with Crippen molar-refractivity contribution in [1.29, 1.82) is 0 Å². The van der Waals surface area contributed by atoms with Crippen LogP contribution in [-0.4, -0.2) is 37.7 Å². The summed E-state index contributed by atoms with van der Waals surface area (Å²) < 4.78 is 21.6. The lowest BCUT2D eigenvalue weighted by molar-refractivity contribution is -0.172. The highest BCUT2D eigenvalue weighted by atomic mass is 19.1. The van der Waals surface area contributed by atoms with Crippen LogP contribution in [0.4, 0.5) is 4.39 Å². The number of aryl methyl sites for hydroxylation is 1. The summed E-state index contributed by atoms with van der Waals surface area (Å²) in [5.74, 6) is -1.73. The van der Waals surface area contributed by atoms with Crippen LogP contribution < -0.4 is 10.9 Å². The highest BCUT2D eigenvalue weighted by molar-refractivity contribution is 5.94. The van der Waals surface area contributed by atoms with Crippen LogP contribution >= 0.6 is 0 Å². The van der Waals surface area contributed by atoms with E-state index in [9.17, 15) is 29.0 Å². The molecule has 0 spiro atoms. The summed E-state index contributed by atoms with van der Waals surface area (Å²) in [7, 11) is 0. The fourth-order valence-corrected chi connectivity index (χ4v) is 5.99. The maximum atomic E-state index is 14.9. The first kappa shape index (κ1) is 23.7. The zero-order valence-electron chi connectivity index (χ0n) is 20.6. The molecule has 192 valence electrons. The molecule has 37 heavy (non-hydrogen) atoms. The predicted octanol–water partition coefficient (Wildman–Crippen LogP) is 2.01. The van der Waals surface area contributed by atoms with E-state index in [0.29, 0.717) is 40.9 Å². The molecule has 3 aromatic rings. The van der Waals surface area contributed by atoms with E-state index in [1.165, 1.54) is 17.6 Å². The first-order chi connectivity index (χ1) is 17.6. The average Bonchev–Trinajstić information content (AvgIpc) is 3.24. The lowest BCUT2D eigenvalue weighted by Gasteiger charge is -2.31. The van der Waals surface area contributed by atoms with Crippen LogP contribution in [0, 0.1) is 12.7 Å². The molecule has 10 heteroatoms. The summed E-state index contributed by atoms with van der Waals surface area (Å²) in [5, 5.41) is 24.6. The molecule has 3 N–H and O–H groups in total. The van der Waals surface area contributed by atoms with E-state index >= 15 is 0 Å². The predicted molar refractivity (Wildman–Crippen MR) is 130 cm³/mol. The molecular formula is C27H26FN3O6. The van der Waals surface area contributed by atoms with Gasteiger partial charge in [-0.05, 0) is 55.9 Å². The van der Waals surface area contributed by atoms with E-state index in [4.69, 9.17) is 9.72 Å². The molecule has 9 nitrogen and oxygen atoms in total. The number of cyclic esters (lactones) is 1. The molecule has 3 aliphatic rings. The Labute approximate surface area is 210 Å². The second-order valence-electron chi connectivity index (χ2n) is 10.1. The van der Waals surface area contributed by atoms with E-state index in [2.05, 4.69) is 5.32 Å². The normalized spacial score (nSPS) is 22.2. The van der Waals surface area contributed by atoms with Gasteiger partial charge in [0.25, 0.3) is 5.56 Å². The number of aliphatic hydroxyl groups is 2. The van der Waals surface area contributed by atoms with Crippen molar-refractivity contribution in [2.45, 2.75) is 70.9 Å². The van der Waals surface area contributed by atoms with Crippen molar-refractivity contribution in [3.8, 4) is 11.4 Å². The molecule has 0 radical (unpaired) electrons. The van der Waals surface area contributed by atoms with Gasteiger partial charge in [0.2, 0.25) is 5.91 Å². The standard InChI is InChI=1S/C27H26FN3O6/c1-4-27(36)16-7-20-23-14(9-31(20)25(34)15(16)10-37-26(27)35)22-18(30-24(33)12(3)32)6-5-13-11(2)17(28)8-19(29-23)21(13)22/h7-8,12,18,32,36H,4-6,9-10H2,1-3H3,(H,30,33)/t12-,18?,27+/m1/s1. The molecule has 1 aromatic carbocycles. The monoisotopic (exact) mass is 507 g/mol. The summed E-state index contributed by atoms with van der Waals surface area (Å²) in [6, 6.07) is 2.49. The fraction of sp³-hybridized carbons (Fsp3) is 0.407. The summed E-state index contributed by atoms with van der Waals surface area (Å²) in [6.45, 7) is 4.65. The number of esters is 1. The smallest absolute Gasteiger partial charge is 0.343 e. The number of rotatable bonds is 3. The van der Waals surface area contributed by atoms with Gasteiger partial charge in [0.1, 0.15) is 18.5 Å². The number of carbonyl (C=O) groups excluding carboxylic acids is 2. The van der Waals surface area contributed by atoms with Crippen molar-refractivity contribution in [3.63, 3.8) is 0 Å². The van der Waals surface area contributed by atoms with Crippen LogP contribution in [-0.2, 0) is 39.5 Å². The molecule has 1 amide bonds. The van der Waals surface area contributed by atoms with Crippen molar-refractivity contribution < 1.29 is 28.9 Å². The minimum atomic E-state index is -1.96. The van der Waals surface area contributed by atoms with Gasteiger partial charge in [-0.2, -0.15) is 0 Å². The molecule has 3 atom stereocenters. The molecule has 0 saturated heterocycles. The number of nitrogens with zero attached hydrogens (tertiary/aromatic N) is 2. The first-order valence-corrected chi connectivity index (χ1v) is 12.4. The van der Waals surface area contributed by atoms with Gasteiger partial charge in [-0.3, -0.25) is 9.59 Å². The van der Waals surface area contributed by atoms with Crippen molar-refractivity contribution in [2.75, 3.05) is 0 Å². The second-order valence-corrected chi connectivity index (χ2v) is 10.1. The number of aliphatic hydroxyl groups excluding tert-OH is 1. The number of benzene rings is 1. The molecule has 1 aliphatic carbocycles. The zero-order chi connectivity index (χ0) is 26.4. The minimum absolute atomic E-state index is 0.0201. The van der Waals surface area contributed by atoms with E-state index in [0.717, 1.165) is 16.5 Å². The maximum Gasteiger partial charge on any atom is 0.343 e. The van der Waals surface area contributed by atoms with Gasteiger partial charge >= 0.3 is 5.97 Å². The summed E-state index contributed by atoms with van der Waals surface area (Å²) in [5.41, 5.74) is 2.07. The van der Waals surface area contributed by atoms with Crippen LogP contribution in [0.15, 0.2) is 16.9 Å². The van der Waals surface area contributed by atoms with Crippen LogP contribution in [0.3, 0.4) is 0 Å². The molecule has 2 aromatic heterocycles. The Morgan fingerprint density at radius 3 is 2.78 bits per heavy atom. The van der Waals surface area contributed by atoms with Crippen molar-refractivity contribution in [1.82, 2.24) is 14.9 Å². The Bertz CT molecular complexity index is 1610. The fourth-order valence-electron chi connectivity index (χ4n) is 5.99. The average molecular weight is 508 g/mol. The third kappa shape index (κ3) is 3.15. The Balaban J connectivity index is 1.65. The topological polar surface area (TPSA) is 131 Å². The van der Waals surface area contributed by atoms with E-state index < -0.39 is 41.0 Å². The number of hydrogen-bond acceptors (Lipinski definition) is 7. The second kappa shape index (κ2) is 7.93. The summed E-state index contributed by atoms with van der Waals surface area (Å²) in [6.07, 6.45) is -0.187. The van der Waals surface area contributed by atoms with Crippen LogP contribution in [0.2, 0.25) is 0 Å². The highest BCUT2D eigenvalue weighted by Crippen LogP contribution is 2.45. The van der Waals surface area contributed by atoms with Crippen molar-refractivity contribution in [2.24, 2.45) is 0 Å². The number of pyridine rings is 2. The molecule has 2 aliphatic heterocycles. The molecule has 0 bridgehead atoms. The third-order valence-electron chi connectivity index (χ3n) is 8.07. The minimum Gasteiger partial charge on any atom is -0.458 e. The van der Waals surface area contributed by atoms with E-state index in [-0.39, 0.29) is 30.7 Å². The molecule has 0 saturated carbocycles. The summed E-state index contributed by atoms with van der Waals surface area (Å²) in [4.78, 5) is 43.3. The largest absolute Gasteiger partial charge is 0.458 e. The van der Waals surface area contributed by atoms with Gasteiger partial charge in [-0.15, -0.1) is 0 Å². The van der Waals surface area contributed by atoms with Gasteiger partial charge < -0.3 is 24.8 Å². The van der Waals surface area contributed by atoms with Crippen LogP contribution in [0.25, 0.3) is 22.3 Å². The van der Waals surface area contributed by atoms with Gasteiger partial charge in [0, 0.05) is 22.6 Å². The Morgan fingerprint density at radius 2 is 2.08 bits per heavy atom. The number of amides is 1. The van der Waals surface area contributed by atoms with Crippen molar-refractivity contribution >= 4 is 22.8 Å². The highest BCUT2D eigenvalue weighted by Gasteiger charge is 2.46. The number of nitrogens with one attached hydrogen (secondary N) is 1. The number of ether oxygens (including phenoxy) is 1. The Morgan fingerprint density at radius 1 is 1.32 bits per heavy atom. The van der Waals surface area contributed by atoms with Crippen LogP contribution in [0.5, 0.6) is 0 Å². The molecule has 1 unspecified atom stereocenters. The Hall–Kier alpha value is -3.63. The van der Waals surface area contributed by atoms with Crippen LogP contribution in [0.1, 0.15) is 66.1 Å². The molecule has 6 rings (SSSR count). The number of halogens is 1. The molecule has 4 heterocycles. The van der Waals surface area contributed by atoms with E-state index in [1.54, 1.807) is 19.9 Å². The molecular weight excluding hydrogens is 481 g/mol. The van der Waals surface area contributed by atoms with E-state index in [1.807, 2.05) is 0 Å². The lowest BCUT2D eigenvalue weighted by atomic mass is 9.81.